The lowest BCUT2D eigenvalue weighted by Gasteiger charge is -2.21. The number of aryl methyl sites for hydroxylation is 2. The summed E-state index contributed by atoms with van der Waals surface area (Å²) in [6.45, 7) is 10.9. The second-order valence-electron chi connectivity index (χ2n) is 6.36. The molecule has 0 bridgehead atoms. The van der Waals surface area contributed by atoms with Crippen LogP contribution in [-0.4, -0.2) is 5.11 Å². The standard InChI is InChI=1S/C17H28O/c1-6-7-8-9-10-14-12-15(17(3,4)5)11-13(2)16(14)18/h11-12,18H,6-10H2,1-5H3. The first-order valence-corrected chi connectivity index (χ1v) is 7.19. The second-order valence-corrected chi connectivity index (χ2v) is 6.36. The van der Waals surface area contributed by atoms with Gasteiger partial charge in [-0.2, -0.15) is 0 Å². The molecule has 1 N–H and O–H groups in total. The molecule has 0 aliphatic rings. The van der Waals surface area contributed by atoms with E-state index < -0.39 is 0 Å². The Morgan fingerprint density at radius 1 is 1.06 bits per heavy atom. The third kappa shape index (κ3) is 4.04. The highest BCUT2D eigenvalue weighted by molar-refractivity contribution is 5.45. The predicted molar refractivity (Wildman–Crippen MR) is 79.4 cm³/mol. The van der Waals surface area contributed by atoms with Crippen LogP contribution in [0.1, 0.15) is 70.1 Å². The lowest BCUT2D eigenvalue weighted by molar-refractivity contribution is 0.460. The molecule has 0 aromatic heterocycles. The summed E-state index contributed by atoms with van der Waals surface area (Å²) in [5.74, 6) is 0.500. The van der Waals surface area contributed by atoms with Crippen LogP contribution < -0.4 is 0 Å². The molecule has 0 saturated carbocycles. The van der Waals surface area contributed by atoms with Crippen LogP contribution in [0, 0.1) is 6.92 Å². The minimum absolute atomic E-state index is 0.149. The Bertz CT molecular complexity index is 385. The Labute approximate surface area is 112 Å². The summed E-state index contributed by atoms with van der Waals surface area (Å²) < 4.78 is 0. The van der Waals surface area contributed by atoms with Crippen molar-refractivity contribution in [3.05, 3.63) is 28.8 Å². The van der Waals surface area contributed by atoms with E-state index in [4.69, 9.17) is 0 Å². The van der Waals surface area contributed by atoms with Crippen LogP contribution >= 0.6 is 0 Å². The molecule has 1 heteroatoms. The van der Waals surface area contributed by atoms with Gasteiger partial charge in [0.15, 0.2) is 0 Å². The first-order valence-electron chi connectivity index (χ1n) is 7.19. The first-order chi connectivity index (χ1) is 8.36. The van der Waals surface area contributed by atoms with Crippen LogP contribution in [0.3, 0.4) is 0 Å². The Hall–Kier alpha value is -0.980. The van der Waals surface area contributed by atoms with Gasteiger partial charge in [0.1, 0.15) is 5.75 Å². The van der Waals surface area contributed by atoms with Crippen molar-refractivity contribution in [1.82, 2.24) is 0 Å². The zero-order valence-corrected chi connectivity index (χ0v) is 12.6. The molecule has 0 unspecified atom stereocenters. The third-order valence-electron chi connectivity index (χ3n) is 3.55. The molecule has 1 aromatic carbocycles. The molecule has 102 valence electrons. The van der Waals surface area contributed by atoms with Gasteiger partial charge in [0, 0.05) is 0 Å². The first kappa shape index (κ1) is 15.1. The smallest absolute Gasteiger partial charge is 0.121 e. The normalized spacial score (nSPS) is 11.8. The third-order valence-corrected chi connectivity index (χ3v) is 3.55. The summed E-state index contributed by atoms with van der Waals surface area (Å²) in [6.07, 6.45) is 5.98. The van der Waals surface area contributed by atoms with Gasteiger partial charge in [0.25, 0.3) is 0 Å². The molecule has 0 radical (unpaired) electrons. The van der Waals surface area contributed by atoms with Gasteiger partial charge < -0.3 is 5.11 Å². The van der Waals surface area contributed by atoms with Gasteiger partial charge in [-0.25, -0.2) is 0 Å². The van der Waals surface area contributed by atoms with Crippen LogP contribution in [0.15, 0.2) is 12.1 Å². The van der Waals surface area contributed by atoms with Gasteiger partial charge in [-0.3, -0.25) is 0 Å². The minimum Gasteiger partial charge on any atom is -0.507 e. The number of phenolic OH excluding ortho intramolecular Hbond substituents is 1. The van der Waals surface area contributed by atoms with Crippen molar-refractivity contribution in [3.8, 4) is 5.75 Å². The highest BCUT2D eigenvalue weighted by atomic mass is 16.3. The van der Waals surface area contributed by atoms with Crippen LogP contribution in [0.2, 0.25) is 0 Å². The number of aromatic hydroxyl groups is 1. The number of hydrogen-bond acceptors (Lipinski definition) is 1. The number of phenols is 1. The summed E-state index contributed by atoms with van der Waals surface area (Å²) in [5.41, 5.74) is 3.60. The predicted octanol–water partition coefficient (Wildman–Crippen LogP) is 5.12. The molecular formula is C17H28O. The Balaban J connectivity index is 2.86. The Morgan fingerprint density at radius 2 is 1.72 bits per heavy atom. The van der Waals surface area contributed by atoms with Crippen molar-refractivity contribution in [1.29, 1.82) is 0 Å². The molecule has 0 atom stereocenters. The van der Waals surface area contributed by atoms with Crippen molar-refractivity contribution >= 4 is 0 Å². The van der Waals surface area contributed by atoms with Crippen molar-refractivity contribution in [2.45, 2.75) is 72.1 Å². The van der Waals surface area contributed by atoms with Crippen molar-refractivity contribution < 1.29 is 5.11 Å². The van der Waals surface area contributed by atoms with Crippen molar-refractivity contribution in [3.63, 3.8) is 0 Å². The Kier molecular flexibility index (Phi) is 5.25. The monoisotopic (exact) mass is 248 g/mol. The van der Waals surface area contributed by atoms with Gasteiger partial charge in [-0.05, 0) is 41.9 Å². The fourth-order valence-corrected chi connectivity index (χ4v) is 2.22. The Morgan fingerprint density at radius 3 is 2.28 bits per heavy atom. The molecule has 1 rings (SSSR count). The number of benzene rings is 1. The zero-order chi connectivity index (χ0) is 13.8. The average Bonchev–Trinajstić information content (AvgIpc) is 2.28. The number of unbranched alkanes of at least 4 members (excludes halogenated alkanes) is 3. The molecule has 0 saturated heterocycles. The van der Waals surface area contributed by atoms with Crippen molar-refractivity contribution in [2.24, 2.45) is 0 Å². The van der Waals surface area contributed by atoms with E-state index >= 15 is 0 Å². The molecular weight excluding hydrogens is 220 g/mol. The van der Waals surface area contributed by atoms with Gasteiger partial charge in [-0.1, -0.05) is 59.1 Å². The zero-order valence-electron chi connectivity index (χ0n) is 12.6. The van der Waals surface area contributed by atoms with E-state index in [1.165, 1.54) is 31.2 Å². The largest absolute Gasteiger partial charge is 0.507 e. The van der Waals surface area contributed by atoms with E-state index in [1.54, 1.807) is 0 Å². The molecule has 0 heterocycles. The van der Waals surface area contributed by atoms with E-state index in [-0.39, 0.29) is 5.41 Å². The molecule has 0 fully saturated rings. The SMILES string of the molecule is CCCCCCc1cc(C(C)(C)C)cc(C)c1O. The topological polar surface area (TPSA) is 20.2 Å². The molecule has 1 aromatic rings. The van der Waals surface area contributed by atoms with Crippen LogP contribution in [0.5, 0.6) is 5.75 Å². The van der Waals surface area contributed by atoms with Gasteiger partial charge >= 0.3 is 0 Å². The van der Waals surface area contributed by atoms with Crippen LogP contribution in [0.25, 0.3) is 0 Å². The maximum atomic E-state index is 10.1. The van der Waals surface area contributed by atoms with E-state index in [0.717, 1.165) is 17.5 Å². The van der Waals surface area contributed by atoms with Crippen LogP contribution in [-0.2, 0) is 11.8 Å². The van der Waals surface area contributed by atoms with E-state index in [1.807, 2.05) is 6.92 Å². The van der Waals surface area contributed by atoms with Crippen molar-refractivity contribution in [2.75, 3.05) is 0 Å². The summed E-state index contributed by atoms with van der Waals surface area (Å²) in [6, 6.07) is 4.30. The van der Waals surface area contributed by atoms with Gasteiger partial charge in [0.2, 0.25) is 0 Å². The fourth-order valence-electron chi connectivity index (χ4n) is 2.22. The van der Waals surface area contributed by atoms with E-state index in [0.29, 0.717) is 5.75 Å². The molecule has 0 spiro atoms. The summed E-state index contributed by atoms with van der Waals surface area (Å²) in [4.78, 5) is 0. The molecule has 1 nitrogen and oxygen atoms in total. The number of hydrogen-bond donors (Lipinski definition) is 1. The molecule has 18 heavy (non-hydrogen) atoms. The summed E-state index contributed by atoms with van der Waals surface area (Å²) >= 11 is 0. The number of rotatable bonds is 5. The summed E-state index contributed by atoms with van der Waals surface area (Å²) in [7, 11) is 0. The van der Waals surface area contributed by atoms with Gasteiger partial charge in [0.05, 0.1) is 0 Å². The summed E-state index contributed by atoms with van der Waals surface area (Å²) in [5, 5.41) is 10.1. The molecule has 0 amide bonds. The van der Waals surface area contributed by atoms with E-state index in [9.17, 15) is 5.11 Å². The molecule has 0 aliphatic heterocycles. The second kappa shape index (κ2) is 6.26. The maximum Gasteiger partial charge on any atom is 0.121 e. The lowest BCUT2D eigenvalue weighted by atomic mass is 9.84. The minimum atomic E-state index is 0.149. The lowest BCUT2D eigenvalue weighted by Crippen LogP contribution is -2.12. The fraction of sp³-hybridized carbons (Fsp3) is 0.647. The molecule has 0 aliphatic carbocycles. The average molecular weight is 248 g/mol. The van der Waals surface area contributed by atoms with E-state index in [2.05, 4.69) is 39.8 Å². The quantitative estimate of drug-likeness (QED) is 0.717. The van der Waals surface area contributed by atoms with Crippen LogP contribution in [0.4, 0.5) is 0 Å². The highest BCUT2D eigenvalue weighted by Gasteiger charge is 2.17. The van der Waals surface area contributed by atoms with Gasteiger partial charge in [-0.15, -0.1) is 0 Å². The highest BCUT2D eigenvalue weighted by Crippen LogP contribution is 2.31. The maximum absolute atomic E-state index is 10.1.